The van der Waals surface area contributed by atoms with E-state index in [0.29, 0.717) is 6.54 Å². The largest absolute Gasteiger partial charge is 0.313 e. The van der Waals surface area contributed by atoms with Gasteiger partial charge in [-0.3, -0.25) is 4.79 Å². The standard InChI is InChI=1S/C5H8NO2/c7-4-5-2-1-3-6(5)8/h5,8H,1-3H2/t5-/m1/s1. The zero-order valence-electron chi connectivity index (χ0n) is 4.50. The summed E-state index contributed by atoms with van der Waals surface area (Å²) in [7, 11) is 0. The number of rotatable bonds is 1. The van der Waals surface area contributed by atoms with E-state index >= 15 is 0 Å². The summed E-state index contributed by atoms with van der Waals surface area (Å²) in [5, 5.41) is 9.79. The van der Waals surface area contributed by atoms with Crippen LogP contribution in [-0.2, 0) is 4.79 Å². The van der Waals surface area contributed by atoms with Crippen molar-refractivity contribution in [2.45, 2.75) is 18.9 Å². The molecule has 0 unspecified atom stereocenters. The third-order valence-electron chi connectivity index (χ3n) is 1.36. The van der Waals surface area contributed by atoms with Crippen molar-refractivity contribution in [2.75, 3.05) is 6.54 Å². The predicted molar refractivity (Wildman–Crippen MR) is 27.2 cm³/mol. The summed E-state index contributed by atoms with van der Waals surface area (Å²) in [6.07, 6.45) is 3.39. The van der Waals surface area contributed by atoms with E-state index in [2.05, 4.69) is 0 Å². The first-order chi connectivity index (χ1) is 3.84. The molecule has 0 spiro atoms. The molecule has 8 heavy (non-hydrogen) atoms. The number of hydrogen-bond donors (Lipinski definition) is 1. The lowest BCUT2D eigenvalue weighted by Crippen LogP contribution is -2.26. The first-order valence-electron chi connectivity index (χ1n) is 2.68. The first-order valence-corrected chi connectivity index (χ1v) is 2.68. The van der Waals surface area contributed by atoms with Crippen molar-refractivity contribution in [3.05, 3.63) is 0 Å². The lowest BCUT2D eigenvalue weighted by atomic mass is 10.2. The highest BCUT2D eigenvalue weighted by molar-refractivity contribution is 5.58. The van der Waals surface area contributed by atoms with Gasteiger partial charge in [0.15, 0.2) is 0 Å². The van der Waals surface area contributed by atoms with Gasteiger partial charge in [0.1, 0.15) is 6.04 Å². The Morgan fingerprint density at radius 2 is 2.50 bits per heavy atom. The van der Waals surface area contributed by atoms with E-state index in [1.165, 1.54) is 0 Å². The molecule has 1 saturated heterocycles. The molecule has 1 radical (unpaired) electrons. The van der Waals surface area contributed by atoms with Gasteiger partial charge in [0.25, 0.3) is 0 Å². The van der Waals surface area contributed by atoms with Crippen molar-refractivity contribution in [1.29, 1.82) is 0 Å². The molecule has 0 aromatic rings. The van der Waals surface area contributed by atoms with Crippen LogP contribution in [0.4, 0.5) is 0 Å². The number of carbonyl (C=O) groups excluding carboxylic acids is 1. The summed E-state index contributed by atoms with van der Waals surface area (Å²) in [5.41, 5.74) is 0. The molecule has 0 aliphatic carbocycles. The van der Waals surface area contributed by atoms with Gasteiger partial charge in [-0.15, -0.1) is 0 Å². The van der Waals surface area contributed by atoms with E-state index in [4.69, 9.17) is 5.21 Å². The van der Waals surface area contributed by atoms with E-state index in [1.807, 2.05) is 0 Å². The van der Waals surface area contributed by atoms with Crippen molar-refractivity contribution >= 4 is 6.29 Å². The molecule has 0 aromatic carbocycles. The van der Waals surface area contributed by atoms with Gasteiger partial charge in [0, 0.05) is 6.54 Å². The van der Waals surface area contributed by atoms with Crippen LogP contribution in [0.25, 0.3) is 0 Å². The molecule has 0 aromatic heterocycles. The highest BCUT2D eigenvalue weighted by Gasteiger charge is 2.22. The van der Waals surface area contributed by atoms with Gasteiger partial charge in [0.2, 0.25) is 6.29 Å². The fourth-order valence-corrected chi connectivity index (χ4v) is 0.871. The Morgan fingerprint density at radius 1 is 1.75 bits per heavy atom. The second-order valence-corrected chi connectivity index (χ2v) is 1.94. The summed E-state index contributed by atoms with van der Waals surface area (Å²) in [4.78, 5) is 9.89. The Bertz CT molecular complexity index is 94.4. The molecule has 1 rings (SSSR count). The molecule has 1 aliphatic heterocycles. The molecule has 0 saturated carbocycles. The first kappa shape index (κ1) is 5.72. The smallest absolute Gasteiger partial charge is 0.219 e. The predicted octanol–water partition coefficient (Wildman–Crippen LogP) is -0.0503. The van der Waals surface area contributed by atoms with Crippen LogP contribution in [0.2, 0.25) is 0 Å². The molecule has 1 heterocycles. The topological polar surface area (TPSA) is 40.5 Å². The Kier molecular flexibility index (Phi) is 1.60. The van der Waals surface area contributed by atoms with Crippen LogP contribution in [0.1, 0.15) is 12.8 Å². The SMILES string of the molecule is O=[C][C@H]1CCCN1O. The fourth-order valence-electron chi connectivity index (χ4n) is 0.871. The molecular weight excluding hydrogens is 106 g/mol. The molecule has 3 nitrogen and oxygen atoms in total. The van der Waals surface area contributed by atoms with Crippen LogP contribution in [0.5, 0.6) is 0 Å². The van der Waals surface area contributed by atoms with Crippen molar-refractivity contribution in [2.24, 2.45) is 0 Å². The van der Waals surface area contributed by atoms with E-state index in [1.54, 1.807) is 6.29 Å². The van der Waals surface area contributed by atoms with Gasteiger partial charge >= 0.3 is 0 Å². The van der Waals surface area contributed by atoms with E-state index in [9.17, 15) is 4.79 Å². The Hall–Kier alpha value is -0.410. The minimum Gasteiger partial charge on any atom is -0.313 e. The highest BCUT2D eigenvalue weighted by atomic mass is 16.5. The molecule has 0 bridgehead atoms. The van der Waals surface area contributed by atoms with Gasteiger partial charge in [-0.05, 0) is 12.8 Å². The van der Waals surface area contributed by atoms with E-state index in [0.717, 1.165) is 17.9 Å². The van der Waals surface area contributed by atoms with Gasteiger partial charge < -0.3 is 5.21 Å². The lowest BCUT2D eigenvalue weighted by Gasteiger charge is -2.07. The van der Waals surface area contributed by atoms with Crippen LogP contribution in [0.3, 0.4) is 0 Å². The van der Waals surface area contributed by atoms with Crippen molar-refractivity contribution in [3.63, 3.8) is 0 Å². The maximum atomic E-state index is 9.89. The molecule has 1 aliphatic rings. The van der Waals surface area contributed by atoms with Crippen LogP contribution in [-0.4, -0.2) is 29.1 Å². The fraction of sp³-hybridized carbons (Fsp3) is 0.800. The van der Waals surface area contributed by atoms with Crippen LogP contribution < -0.4 is 0 Å². The summed E-state index contributed by atoms with van der Waals surface area (Å²) in [5.74, 6) is 0. The van der Waals surface area contributed by atoms with Gasteiger partial charge in [-0.1, -0.05) is 0 Å². The molecule has 45 valence electrons. The number of hydroxylamine groups is 2. The summed E-state index contributed by atoms with van der Waals surface area (Å²) in [6, 6.07) is -0.352. The third-order valence-corrected chi connectivity index (χ3v) is 1.36. The number of hydrogen-bond acceptors (Lipinski definition) is 3. The highest BCUT2D eigenvalue weighted by Crippen LogP contribution is 2.11. The zero-order chi connectivity index (χ0) is 5.98. The normalized spacial score (nSPS) is 30.9. The number of nitrogens with zero attached hydrogens (tertiary/aromatic N) is 1. The van der Waals surface area contributed by atoms with E-state index < -0.39 is 0 Å². The van der Waals surface area contributed by atoms with Crippen molar-refractivity contribution in [3.8, 4) is 0 Å². The van der Waals surface area contributed by atoms with Crippen LogP contribution in [0, 0.1) is 0 Å². The van der Waals surface area contributed by atoms with Crippen LogP contribution >= 0.6 is 0 Å². The third kappa shape index (κ3) is 0.877. The molecule has 1 atom stereocenters. The van der Waals surface area contributed by atoms with Gasteiger partial charge in [-0.2, -0.15) is 5.06 Å². The maximum Gasteiger partial charge on any atom is 0.219 e. The Labute approximate surface area is 47.9 Å². The quantitative estimate of drug-likeness (QED) is 0.519. The summed E-state index contributed by atoms with van der Waals surface area (Å²) in [6.45, 7) is 0.611. The molecule has 0 amide bonds. The second-order valence-electron chi connectivity index (χ2n) is 1.94. The van der Waals surface area contributed by atoms with Gasteiger partial charge in [-0.25, -0.2) is 0 Å². The van der Waals surface area contributed by atoms with Crippen molar-refractivity contribution < 1.29 is 10.0 Å². The average molecular weight is 114 g/mol. The van der Waals surface area contributed by atoms with Crippen LogP contribution in [0.15, 0.2) is 0 Å². The molecule has 1 N–H and O–H groups in total. The monoisotopic (exact) mass is 114 g/mol. The summed E-state index contributed by atoms with van der Waals surface area (Å²) < 4.78 is 0. The average Bonchev–Trinajstić information content (AvgIpc) is 2.14. The molecule has 3 heteroatoms. The van der Waals surface area contributed by atoms with E-state index in [-0.39, 0.29) is 6.04 Å². The maximum absolute atomic E-state index is 9.89. The van der Waals surface area contributed by atoms with Gasteiger partial charge in [0.05, 0.1) is 0 Å². The Morgan fingerprint density at radius 3 is 2.75 bits per heavy atom. The Balaban J connectivity index is 2.41. The molecule has 1 fully saturated rings. The zero-order valence-corrected chi connectivity index (χ0v) is 4.50. The minimum atomic E-state index is -0.352. The van der Waals surface area contributed by atoms with Crippen molar-refractivity contribution in [1.82, 2.24) is 5.06 Å². The molecular formula is C5H8NO2. The second kappa shape index (κ2) is 2.24. The lowest BCUT2D eigenvalue weighted by molar-refractivity contribution is -0.0842. The summed E-state index contributed by atoms with van der Waals surface area (Å²) >= 11 is 0. The minimum absolute atomic E-state index is 0.352.